The van der Waals surface area contributed by atoms with Gasteiger partial charge >= 0.3 is 0 Å². The van der Waals surface area contributed by atoms with Crippen molar-refractivity contribution in [3.8, 4) is 0 Å². The molecule has 1 amide bonds. The highest BCUT2D eigenvalue weighted by atomic mass is 19.3. The van der Waals surface area contributed by atoms with Crippen molar-refractivity contribution in [1.82, 2.24) is 4.90 Å². The summed E-state index contributed by atoms with van der Waals surface area (Å²) >= 11 is 0. The topological polar surface area (TPSA) is 37.4 Å². The molecular weight excluding hydrogens is 168 g/mol. The molecule has 1 saturated heterocycles. The third kappa shape index (κ3) is 1.78. The third-order valence-corrected chi connectivity index (χ3v) is 1.76. The number of nitrogens with zero attached hydrogens (tertiary/aromatic N) is 1. The predicted molar refractivity (Wildman–Crippen MR) is 36.8 cm³/mol. The first-order valence-electron chi connectivity index (χ1n) is 3.60. The Kier molecular flexibility index (Phi) is 2.12. The lowest BCUT2D eigenvalue weighted by molar-refractivity contribution is -0.143. The third-order valence-electron chi connectivity index (χ3n) is 1.76. The highest BCUT2D eigenvalue weighted by Crippen LogP contribution is 2.26. The molecule has 0 bridgehead atoms. The molecule has 1 heterocycles. The minimum Gasteiger partial charge on any atom is -0.330 e. The van der Waals surface area contributed by atoms with Gasteiger partial charge in [-0.15, -0.1) is 0 Å². The van der Waals surface area contributed by atoms with E-state index >= 15 is 0 Å². The van der Waals surface area contributed by atoms with Crippen molar-refractivity contribution in [2.45, 2.75) is 19.3 Å². The first-order chi connectivity index (χ1) is 5.42. The summed E-state index contributed by atoms with van der Waals surface area (Å²) in [6, 6.07) is 0. The first kappa shape index (κ1) is 9.09. The molecule has 1 fully saturated rings. The smallest absolute Gasteiger partial charge is 0.289 e. The summed E-state index contributed by atoms with van der Waals surface area (Å²) < 4.78 is 25.0. The van der Waals surface area contributed by atoms with Gasteiger partial charge in [0.2, 0.25) is 5.78 Å². The van der Waals surface area contributed by atoms with Gasteiger partial charge < -0.3 is 4.90 Å². The average molecular weight is 177 g/mol. The van der Waals surface area contributed by atoms with Gasteiger partial charge in [0.15, 0.2) is 0 Å². The van der Waals surface area contributed by atoms with E-state index in [1.807, 2.05) is 0 Å². The summed E-state index contributed by atoms with van der Waals surface area (Å²) in [4.78, 5) is 22.3. The standard InChI is InChI=1S/C7H9F2NO2/c1-5(11)6(12)10-3-2-7(8,9)4-10/h2-4H2,1H3. The number of ketones is 1. The van der Waals surface area contributed by atoms with E-state index in [0.717, 1.165) is 11.8 Å². The van der Waals surface area contributed by atoms with Crippen LogP contribution in [0.15, 0.2) is 0 Å². The summed E-state index contributed by atoms with van der Waals surface area (Å²) in [5.41, 5.74) is 0. The summed E-state index contributed by atoms with van der Waals surface area (Å²) in [6.45, 7) is 0.440. The van der Waals surface area contributed by atoms with E-state index in [1.54, 1.807) is 0 Å². The second-order valence-corrected chi connectivity index (χ2v) is 2.89. The van der Waals surface area contributed by atoms with Gasteiger partial charge in [-0.3, -0.25) is 9.59 Å². The van der Waals surface area contributed by atoms with Crippen LogP contribution in [0.1, 0.15) is 13.3 Å². The zero-order valence-electron chi connectivity index (χ0n) is 6.64. The molecule has 0 spiro atoms. The lowest BCUT2D eigenvalue weighted by Crippen LogP contribution is -2.35. The van der Waals surface area contributed by atoms with Crippen LogP contribution in [0.25, 0.3) is 0 Å². The van der Waals surface area contributed by atoms with Gasteiger partial charge in [-0.05, 0) is 0 Å². The Morgan fingerprint density at radius 1 is 1.42 bits per heavy atom. The van der Waals surface area contributed by atoms with Crippen LogP contribution < -0.4 is 0 Å². The molecule has 0 N–H and O–H groups in total. The summed E-state index contributed by atoms with van der Waals surface area (Å²) in [5.74, 6) is -4.31. The number of hydrogen-bond donors (Lipinski definition) is 0. The molecule has 5 heteroatoms. The van der Waals surface area contributed by atoms with E-state index in [2.05, 4.69) is 0 Å². The van der Waals surface area contributed by atoms with Crippen LogP contribution in [-0.4, -0.2) is 35.6 Å². The highest BCUT2D eigenvalue weighted by molar-refractivity contribution is 6.35. The predicted octanol–water partition coefficient (Wildman–Crippen LogP) is 0.443. The minimum atomic E-state index is -2.81. The first-order valence-corrected chi connectivity index (χ1v) is 3.60. The number of likely N-dealkylation sites (tertiary alicyclic amines) is 1. The zero-order valence-corrected chi connectivity index (χ0v) is 6.64. The van der Waals surface area contributed by atoms with Crippen molar-refractivity contribution < 1.29 is 18.4 Å². The van der Waals surface area contributed by atoms with Crippen molar-refractivity contribution in [2.75, 3.05) is 13.1 Å². The summed E-state index contributed by atoms with van der Waals surface area (Å²) in [5, 5.41) is 0. The van der Waals surface area contributed by atoms with Crippen LogP contribution in [0.3, 0.4) is 0 Å². The van der Waals surface area contributed by atoms with Crippen LogP contribution in [0.2, 0.25) is 0 Å². The molecule has 0 aromatic carbocycles. The van der Waals surface area contributed by atoms with Gasteiger partial charge in [0.1, 0.15) is 0 Å². The molecule has 0 unspecified atom stereocenters. The van der Waals surface area contributed by atoms with E-state index in [-0.39, 0.29) is 13.0 Å². The highest BCUT2D eigenvalue weighted by Gasteiger charge is 2.40. The van der Waals surface area contributed by atoms with Crippen LogP contribution in [0.5, 0.6) is 0 Å². The van der Waals surface area contributed by atoms with Crippen molar-refractivity contribution in [2.24, 2.45) is 0 Å². The molecule has 0 saturated carbocycles. The Morgan fingerprint density at radius 2 is 2.00 bits per heavy atom. The van der Waals surface area contributed by atoms with Crippen LogP contribution in [0.4, 0.5) is 8.78 Å². The fourth-order valence-corrected chi connectivity index (χ4v) is 1.13. The van der Waals surface area contributed by atoms with Gasteiger partial charge in [-0.2, -0.15) is 0 Å². The van der Waals surface area contributed by atoms with Gasteiger partial charge in [0.25, 0.3) is 11.8 Å². The van der Waals surface area contributed by atoms with E-state index in [1.165, 1.54) is 0 Å². The number of carbonyl (C=O) groups excluding carboxylic acids is 2. The van der Waals surface area contributed by atoms with Crippen LogP contribution >= 0.6 is 0 Å². The second-order valence-electron chi connectivity index (χ2n) is 2.89. The number of rotatable bonds is 1. The Hall–Kier alpha value is -1.00. The molecule has 0 aromatic rings. The SMILES string of the molecule is CC(=O)C(=O)N1CCC(F)(F)C1. The van der Waals surface area contributed by atoms with E-state index < -0.39 is 24.2 Å². The molecule has 0 atom stereocenters. The molecule has 12 heavy (non-hydrogen) atoms. The van der Waals surface area contributed by atoms with E-state index in [9.17, 15) is 18.4 Å². The number of Topliss-reactive ketones (excluding diaryl/α,β-unsaturated/α-hetero) is 1. The molecule has 3 nitrogen and oxygen atoms in total. The Labute approximate surface area is 68.3 Å². The maximum Gasteiger partial charge on any atom is 0.289 e. The minimum absolute atomic E-state index is 0.0224. The molecule has 1 rings (SSSR count). The van der Waals surface area contributed by atoms with Gasteiger partial charge in [0.05, 0.1) is 6.54 Å². The molecule has 0 radical (unpaired) electrons. The maximum atomic E-state index is 12.5. The monoisotopic (exact) mass is 177 g/mol. The summed E-state index contributed by atoms with van der Waals surface area (Å²) in [6.07, 6.45) is -0.341. The molecule has 1 aliphatic rings. The lowest BCUT2D eigenvalue weighted by Gasteiger charge is -2.13. The largest absolute Gasteiger partial charge is 0.330 e. The number of amides is 1. The number of halogens is 2. The fourth-order valence-electron chi connectivity index (χ4n) is 1.13. The van der Waals surface area contributed by atoms with E-state index in [0.29, 0.717) is 0 Å². The Balaban J connectivity index is 2.59. The van der Waals surface area contributed by atoms with Gasteiger partial charge in [-0.25, -0.2) is 8.78 Å². The molecule has 0 aliphatic carbocycles. The van der Waals surface area contributed by atoms with Crippen LogP contribution in [-0.2, 0) is 9.59 Å². The molecular formula is C7H9F2NO2. The molecule has 68 valence electrons. The lowest BCUT2D eigenvalue weighted by atomic mass is 10.3. The Morgan fingerprint density at radius 3 is 2.33 bits per heavy atom. The quantitative estimate of drug-likeness (QED) is 0.545. The number of hydrogen-bond acceptors (Lipinski definition) is 2. The zero-order chi connectivity index (χ0) is 9.35. The van der Waals surface area contributed by atoms with Crippen molar-refractivity contribution in [1.29, 1.82) is 0 Å². The normalized spacial score (nSPS) is 21.1. The second kappa shape index (κ2) is 2.80. The van der Waals surface area contributed by atoms with Crippen molar-refractivity contribution in [3.63, 3.8) is 0 Å². The van der Waals surface area contributed by atoms with Crippen LogP contribution in [0, 0.1) is 0 Å². The molecule has 0 aromatic heterocycles. The number of alkyl halides is 2. The summed E-state index contributed by atoms with van der Waals surface area (Å²) in [7, 11) is 0. The van der Waals surface area contributed by atoms with E-state index in [4.69, 9.17) is 0 Å². The maximum absolute atomic E-state index is 12.5. The van der Waals surface area contributed by atoms with Crippen molar-refractivity contribution in [3.05, 3.63) is 0 Å². The van der Waals surface area contributed by atoms with Gasteiger partial charge in [-0.1, -0.05) is 0 Å². The number of carbonyl (C=O) groups is 2. The fraction of sp³-hybridized carbons (Fsp3) is 0.714. The van der Waals surface area contributed by atoms with Crippen molar-refractivity contribution >= 4 is 11.7 Å². The average Bonchev–Trinajstić information content (AvgIpc) is 2.28. The van der Waals surface area contributed by atoms with Gasteiger partial charge in [0, 0.05) is 19.9 Å². The molecule has 1 aliphatic heterocycles. The Bertz CT molecular complexity index is 227.